The highest BCUT2D eigenvalue weighted by Crippen LogP contribution is 2.35. The molecule has 0 amide bonds. The predicted molar refractivity (Wildman–Crippen MR) is 180 cm³/mol. The maximum atomic E-state index is 6.28. The van der Waals surface area contributed by atoms with Crippen LogP contribution in [0.5, 0.6) is 0 Å². The van der Waals surface area contributed by atoms with Gasteiger partial charge in [0, 0.05) is 33.0 Å². The average molecular weight is 564 g/mol. The van der Waals surface area contributed by atoms with E-state index in [0.717, 1.165) is 50.3 Å². The lowest BCUT2D eigenvalue weighted by atomic mass is 10.0. The molecule has 0 saturated heterocycles. The molecule has 0 atom stereocenters. The van der Waals surface area contributed by atoms with E-state index in [0.29, 0.717) is 5.82 Å². The molecule has 0 saturated carbocycles. The maximum absolute atomic E-state index is 6.28. The molecule has 4 nitrogen and oxygen atoms in total. The van der Waals surface area contributed by atoms with E-state index in [1.54, 1.807) is 0 Å². The SMILES string of the molecule is c1ccc2oc(-c3cc(-c4cccc5ccccc45)nc(-c4ccc(-n5c6ccccc6c6ccccc65)cc4)n3)cc2c1. The molecule has 0 fully saturated rings. The van der Waals surface area contributed by atoms with Crippen LogP contribution in [0, 0.1) is 0 Å². The van der Waals surface area contributed by atoms with Crippen molar-refractivity contribution < 1.29 is 4.42 Å². The zero-order chi connectivity index (χ0) is 29.0. The first-order valence-electron chi connectivity index (χ1n) is 14.8. The number of furan rings is 1. The number of para-hydroxylation sites is 3. The van der Waals surface area contributed by atoms with Gasteiger partial charge in [0.05, 0.1) is 16.7 Å². The van der Waals surface area contributed by atoms with E-state index in [2.05, 4.69) is 132 Å². The standard InChI is InChI=1S/C40H25N3O/c1-3-13-30-26(10-1)12-9-16-31(30)34-25-35(39-24-28-11-2-8-19-38(28)44-39)42-40(41-34)27-20-22-29(23-21-27)43-36-17-6-4-14-32(36)33-15-5-7-18-37(33)43/h1-25H. The van der Waals surface area contributed by atoms with Crippen molar-refractivity contribution in [3.63, 3.8) is 0 Å². The molecule has 4 heteroatoms. The van der Waals surface area contributed by atoms with Gasteiger partial charge in [-0.05, 0) is 65.4 Å². The highest BCUT2D eigenvalue weighted by molar-refractivity contribution is 6.09. The Labute approximate surface area is 253 Å². The van der Waals surface area contributed by atoms with Crippen molar-refractivity contribution in [2.45, 2.75) is 0 Å². The normalized spacial score (nSPS) is 11.6. The molecule has 0 bridgehead atoms. The summed E-state index contributed by atoms with van der Waals surface area (Å²) in [6.07, 6.45) is 0. The zero-order valence-electron chi connectivity index (χ0n) is 23.7. The molecule has 0 aliphatic heterocycles. The third-order valence-corrected chi connectivity index (χ3v) is 8.43. The summed E-state index contributed by atoms with van der Waals surface area (Å²) < 4.78 is 8.60. The molecule has 3 heterocycles. The Morgan fingerprint density at radius 1 is 0.477 bits per heavy atom. The number of nitrogens with zero attached hydrogens (tertiary/aromatic N) is 3. The third-order valence-electron chi connectivity index (χ3n) is 8.43. The molecule has 206 valence electrons. The molecule has 3 aromatic heterocycles. The van der Waals surface area contributed by atoms with Crippen LogP contribution in [-0.4, -0.2) is 14.5 Å². The highest BCUT2D eigenvalue weighted by Gasteiger charge is 2.16. The van der Waals surface area contributed by atoms with Gasteiger partial charge in [-0.1, -0.05) is 97.1 Å². The van der Waals surface area contributed by atoms with Crippen molar-refractivity contribution in [3.05, 3.63) is 152 Å². The second kappa shape index (κ2) is 9.79. The largest absolute Gasteiger partial charge is 0.454 e. The van der Waals surface area contributed by atoms with Gasteiger partial charge < -0.3 is 8.98 Å². The summed E-state index contributed by atoms with van der Waals surface area (Å²) in [7, 11) is 0. The van der Waals surface area contributed by atoms with Crippen LogP contribution >= 0.6 is 0 Å². The van der Waals surface area contributed by atoms with Crippen LogP contribution < -0.4 is 0 Å². The topological polar surface area (TPSA) is 43.9 Å². The van der Waals surface area contributed by atoms with Gasteiger partial charge in [-0.25, -0.2) is 9.97 Å². The lowest BCUT2D eigenvalue weighted by molar-refractivity contribution is 0.628. The second-order valence-electron chi connectivity index (χ2n) is 11.1. The number of rotatable bonds is 4. The summed E-state index contributed by atoms with van der Waals surface area (Å²) in [5.41, 5.74) is 7.90. The summed E-state index contributed by atoms with van der Waals surface area (Å²) in [6.45, 7) is 0. The van der Waals surface area contributed by atoms with Crippen molar-refractivity contribution in [3.8, 4) is 39.8 Å². The van der Waals surface area contributed by atoms with E-state index in [1.807, 2.05) is 24.3 Å². The fraction of sp³-hybridized carbons (Fsp3) is 0. The van der Waals surface area contributed by atoms with E-state index >= 15 is 0 Å². The molecule has 44 heavy (non-hydrogen) atoms. The van der Waals surface area contributed by atoms with Crippen molar-refractivity contribution in [1.29, 1.82) is 0 Å². The Hall–Kier alpha value is -6.00. The molecular formula is C40H25N3O. The fourth-order valence-corrected chi connectivity index (χ4v) is 6.36. The average Bonchev–Trinajstić information content (AvgIpc) is 3.68. The lowest BCUT2D eigenvalue weighted by Crippen LogP contribution is -1.97. The number of aromatic nitrogens is 3. The first-order chi connectivity index (χ1) is 21.8. The second-order valence-corrected chi connectivity index (χ2v) is 11.1. The van der Waals surface area contributed by atoms with Gasteiger partial charge in [-0.3, -0.25) is 0 Å². The molecule has 0 aliphatic carbocycles. The van der Waals surface area contributed by atoms with E-state index in [1.165, 1.54) is 27.2 Å². The van der Waals surface area contributed by atoms with Gasteiger partial charge in [0.15, 0.2) is 11.6 Å². The van der Waals surface area contributed by atoms with Gasteiger partial charge in [0.2, 0.25) is 0 Å². The van der Waals surface area contributed by atoms with Gasteiger partial charge in [-0.2, -0.15) is 0 Å². The minimum Gasteiger partial charge on any atom is -0.454 e. The molecule has 0 spiro atoms. The smallest absolute Gasteiger partial charge is 0.160 e. The first-order valence-corrected chi connectivity index (χ1v) is 14.8. The number of fused-ring (bicyclic) bond motifs is 5. The fourth-order valence-electron chi connectivity index (χ4n) is 6.36. The van der Waals surface area contributed by atoms with E-state index in [9.17, 15) is 0 Å². The number of hydrogen-bond donors (Lipinski definition) is 0. The van der Waals surface area contributed by atoms with E-state index < -0.39 is 0 Å². The van der Waals surface area contributed by atoms with E-state index in [4.69, 9.17) is 14.4 Å². The summed E-state index contributed by atoms with van der Waals surface area (Å²) in [6, 6.07) is 52.6. The molecule has 6 aromatic carbocycles. The summed E-state index contributed by atoms with van der Waals surface area (Å²) in [5.74, 6) is 1.37. The Kier molecular flexibility index (Phi) is 5.47. The summed E-state index contributed by atoms with van der Waals surface area (Å²) in [5, 5.41) is 5.86. The molecule has 0 radical (unpaired) electrons. The Morgan fingerprint density at radius 2 is 1.09 bits per heavy atom. The predicted octanol–water partition coefficient (Wildman–Crippen LogP) is 10.5. The zero-order valence-corrected chi connectivity index (χ0v) is 23.7. The Balaban J connectivity index is 1.22. The van der Waals surface area contributed by atoms with Gasteiger partial charge in [0.1, 0.15) is 11.3 Å². The van der Waals surface area contributed by atoms with Crippen LogP contribution in [0.2, 0.25) is 0 Å². The number of benzene rings is 6. The maximum Gasteiger partial charge on any atom is 0.160 e. The summed E-state index contributed by atoms with van der Waals surface area (Å²) in [4.78, 5) is 10.2. The van der Waals surface area contributed by atoms with Crippen LogP contribution in [0.1, 0.15) is 0 Å². The minimum absolute atomic E-state index is 0.652. The van der Waals surface area contributed by atoms with Crippen molar-refractivity contribution in [1.82, 2.24) is 14.5 Å². The van der Waals surface area contributed by atoms with Crippen LogP contribution in [0.3, 0.4) is 0 Å². The Morgan fingerprint density at radius 3 is 1.84 bits per heavy atom. The van der Waals surface area contributed by atoms with Crippen molar-refractivity contribution in [2.24, 2.45) is 0 Å². The van der Waals surface area contributed by atoms with Crippen molar-refractivity contribution in [2.75, 3.05) is 0 Å². The van der Waals surface area contributed by atoms with Crippen LogP contribution in [0.15, 0.2) is 156 Å². The summed E-state index contributed by atoms with van der Waals surface area (Å²) >= 11 is 0. The van der Waals surface area contributed by atoms with Gasteiger partial charge in [-0.15, -0.1) is 0 Å². The first kappa shape index (κ1) is 24.6. The molecule has 0 aliphatic rings. The Bertz CT molecular complexity index is 2410. The molecule has 9 aromatic rings. The van der Waals surface area contributed by atoms with Crippen LogP contribution in [0.25, 0.3) is 83.3 Å². The molecule has 0 unspecified atom stereocenters. The highest BCUT2D eigenvalue weighted by atomic mass is 16.3. The number of hydrogen-bond acceptors (Lipinski definition) is 3. The lowest BCUT2D eigenvalue weighted by Gasteiger charge is -2.11. The van der Waals surface area contributed by atoms with Crippen LogP contribution in [0.4, 0.5) is 0 Å². The monoisotopic (exact) mass is 563 g/mol. The van der Waals surface area contributed by atoms with Crippen molar-refractivity contribution >= 4 is 43.5 Å². The quantitative estimate of drug-likeness (QED) is 0.214. The molecule has 0 N–H and O–H groups in total. The van der Waals surface area contributed by atoms with Crippen LogP contribution in [-0.2, 0) is 0 Å². The minimum atomic E-state index is 0.652. The van der Waals surface area contributed by atoms with Gasteiger partial charge >= 0.3 is 0 Å². The molecular weight excluding hydrogens is 538 g/mol. The molecule has 9 rings (SSSR count). The van der Waals surface area contributed by atoms with Gasteiger partial charge in [0.25, 0.3) is 0 Å². The van der Waals surface area contributed by atoms with E-state index in [-0.39, 0.29) is 0 Å². The third kappa shape index (κ3) is 3.92.